The van der Waals surface area contributed by atoms with Crippen molar-refractivity contribution in [3.63, 3.8) is 0 Å². The molecule has 0 aliphatic heterocycles. The Bertz CT molecular complexity index is 875. The summed E-state index contributed by atoms with van der Waals surface area (Å²) in [6.07, 6.45) is 1.25. The molecule has 0 radical (unpaired) electrons. The molecule has 0 bridgehead atoms. The fraction of sp³-hybridized carbons (Fsp3) is 0.263. The van der Waals surface area contributed by atoms with Crippen molar-refractivity contribution < 1.29 is 0 Å². The van der Waals surface area contributed by atoms with Gasteiger partial charge in [0, 0.05) is 7.05 Å². The monoisotopic (exact) mass is 340 g/mol. The van der Waals surface area contributed by atoms with Crippen LogP contribution in [0, 0.1) is 6.92 Å². The van der Waals surface area contributed by atoms with Gasteiger partial charge in [-0.15, -0.1) is 0 Å². The van der Waals surface area contributed by atoms with E-state index in [9.17, 15) is 0 Å². The Kier molecular flexibility index (Phi) is 6.32. The van der Waals surface area contributed by atoms with Crippen molar-refractivity contribution in [2.45, 2.75) is 27.2 Å². The van der Waals surface area contributed by atoms with E-state index in [1.807, 2.05) is 56.4 Å². The first-order valence-corrected chi connectivity index (χ1v) is 8.87. The maximum Gasteiger partial charge on any atom is 0.181 e. The summed E-state index contributed by atoms with van der Waals surface area (Å²) in [5.41, 5.74) is 8.76. The van der Waals surface area contributed by atoms with Crippen LogP contribution in [0.2, 0.25) is 0 Å². The number of benzene rings is 2. The van der Waals surface area contributed by atoms with E-state index >= 15 is 0 Å². The largest absolute Gasteiger partial charge is 0.375 e. The summed E-state index contributed by atoms with van der Waals surface area (Å²) < 4.78 is 3.25. The molecule has 0 fully saturated rings. The van der Waals surface area contributed by atoms with Crippen molar-refractivity contribution in [3.05, 3.63) is 54.4 Å². The first-order chi connectivity index (χ1) is 11.6. The summed E-state index contributed by atoms with van der Waals surface area (Å²) in [6.45, 7) is 6.26. The van der Waals surface area contributed by atoms with E-state index in [0.717, 1.165) is 21.6 Å². The topological polar surface area (TPSA) is 56.7 Å². The third-order valence-corrected chi connectivity index (χ3v) is 4.19. The van der Waals surface area contributed by atoms with Crippen LogP contribution >= 0.6 is 11.3 Å². The van der Waals surface area contributed by atoms with E-state index in [4.69, 9.17) is 5.73 Å². The zero-order valence-electron chi connectivity index (χ0n) is 14.7. The van der Waals surface area contributed by atoms with Gasteiger partial charge in [0.1, 0.15) is 5.82 Å². The van der Waals surface area contributed by atoms with Gasteiger partial charge >= 0.3 is 0 Å². The predicted octanol–water partition coefficient (Wildman–Crippen LogP) is 5.18. The second-order valence-corrected chi connectivity index (χ2v) is 6.50. The standard InChI is InChI=1S/C9H10N2.C7H6N2S.C3H8/c1-7-10-8-5-3-4-6-9(8)11(7)2;8-7-9-5-3-1-2-4-6(5)10-7;1-3-2/h3-6H,1-2H3;1-4H,(H2,8,9);3H2,1-2H3. The number of hydrogen-bond acceptors (Lipinski definition) is 4. The molecule has 0 spiro atoms. The lowest BCUT2D eigenvalue weighted by Crippen LogP contribution is -1.89. The summed E-state index contributed by atoms with van der Waals surface area (Å²) >= 11 is 1.52. The molecule has 24 heavy (non-hydrogen) atoms. The van der Waals surface area contributed by atoms with Crippen LogP contribution in [0.15, 0.2) is 48.5 Å². The SMILES string of the molecule is CCC.Cc1nc2ccccc2n1C.Nc1nc2ccccc2s1. The lowest BCUT2D eigenvalue weighted by atomic mass is 10.3. The van der Waals surface area contributed by atoms with Gasteiger partial charge in [0.05, 0.1) is 21.3 Å². The lowest BCUT2D eigenvalue weighted by molar-refractivity contribution is 0.886. The number of fused-ring (bicyclic) bond motifs is 2. The van der Waals surface area contributed by atoms with E-state index in [0.29, 0.717) is 5.13 Å². The van der Waals surface area contributed by atoms with Gasteiger partial charge in [-0.3, -0.25) is 0 Å². The third-order valence-electron chi connectivity index (χ3n) is 3.32. The lowest BCUT2D eigenvalue weighted by Gasteiger charge is -1.93. The molecule has 2 N–H and O–H groups in total. The van der Waals surface area contributed by atoms with Crippen LogP contribution in [0.25, 0.3) is 21.3 Å². The molecule has 5 heteroatoms. The molecule has 126 valence electrons. The van der Waals surface area contributed by atoms with Crippen molar-refractivity contribution in [3.8, 4) is 0 Å². The van der Waals surface area contributed by atoms with E-state index in [-0.39, 0.29) is 0 Å². The van der Waals surface area contributed by atoms with Crippen LogP contribution in [0.5, 0.6) is 0 Å². The van der Waals surface area contributed by atoms with Crippen molar-refractivity contribution in [1.82, 2.24) is 14.5 Å². The number of aromatic nitrogens is 3. The quantitative estimate of drug-likeness (QED) is 0.480. The number of rotatable bonds is 0. The normalized spacial score (nSPS) is 10.0. The van der Waals surface area contributed by atoms with Gasteiger partial charge in [0.2, 0.25) is 0 Å². The number of anilines is 1. The number of nitrogens with two attached hydrogens (primary N) is 1. The van der Waals surface area contributed by atoms with E-state index in [1.54, 1.807) is 0 Å². The maximum absolute atomic E-state index is 5.50. The van der Waals surface area contributed by atoms with Gasteiger partial charge in [-0.25, -0.2) is 9.97 Å². The van der Waals surface area contributed by atoms with E-state index < -0.39 is 0 Å². The molecule has 2 heterocycles. The minimum absolute atomic E-state index is 0.640. The van der Waals surface area contributed by atoms with Gasteiger partial charge in [-0.1, -0.05) is 55.9 Å². The minimum Gasteiger partial charge on any atom is -0.375 e. The first kappa shape index (κ1) is 17.9. The summed E-state index contributed by atoms with van der Waals surface area (Å²) in [5, 5.41) is 0.640. The molecule has 2 aromatic heterocycles. The average Bonchev–Trinajstić information content (AvgIpc) is 3.08. The Balaban J connectivity index is 0.000000150. The van der Waals surface area contributed by atoms with Crippen LogP contribution < -0.4 is 5.73 Å². The number of hydrogen-bond donors (Lipinski definition) is 1. The number of nitrogens with zero attached hydrogens (tertiary/aromatic N) is 3. The smallest absolute Gasteiger partial charge is 0.181 e. The number of imidazole rings is 1. The fourth-order valence-corrected chi connectivity index (χ4v) is 2.89. The Labute approximate surface area is 147 Å². The zero-order chi connectivity index (χ0) is 17.5. The molecule has 0 unspecified atom stereocenters. The van der Waals surface area contributed by atoms with Crippen molar-refractivity contribution in [1.29, 1.82) is 0 Å². The summed E-state index contributed by atoms with van der Waals surface area (Å²) in [5.74, 6) is 1.06. The van der Waals surface area contributed by atoms with Crippen molar-refractivity contribution in [2.24, 2.45) is 7.05 Å². The highest BCUT2D eigenvalue weighted by atomic mass is 32.1. The highest BCUT2D eigenvalue weighted by Gasteiger charge is 2.00. The maximum atomic E-state index is 5.50. The van der Waals surface area contributed by atoms with Crippen LogP contribution in [0.4, 0.5) is 5.13 Å². The average molecular weight is 340 g/mol. The number of aryl methyl sites for hydroxylation is 2. The molecule has 2 aromatic carbocycles. The van der Waals surface area contributed by atoms with Crippen molar-refractivity contribution in [2.75, 3.05) is 5.73 Å². The molecule has 0 atom stereocenters. The van der Waals surface area contributed by atoms with Crippen LogP contribution in [0.3, 0.4) is 0 Å². The highest BCUT2D eigenvalue weighted by Crippen LogP contribution is 2.22. The van der Waals surface area contributed by atoms with E-state index in [1.165, 1.54) is 23.3 Å². The van der Waals surface area contributed by atoms with Gasteiger partial charge in [0.15, 0.2) is 5.13 Å². The molecular weight excluding hydrogens is 316 g/mol. The third kappa shape index (κ3) is 4.32. The zero-order valence-corrected chi connectivity index (χ0v) is 15.5. The number of thiazole rings is 1. The molecule has 4 rings (SSSR count). The second kappa shape index (κ2) is 8.45. The molecule has 0 aliphatic rings. The van der Waals surface area contributed by atoms with Crippen molar-refractivity contribution >= 4 is 37.7 Å². The van der Waals surface area contributed by atoms with Gasteiger partial charge in [-0.2, -0.15) is 0 Å². The number of nitrogen functional groups attached to an aromatic ring is 1. The Morgan fingerprint density at radius 3 is 2.17 bits per heavy atom. The molecule has 4 aromatic rings. The highest BCUT2D eigenvalue weighted by molar-refractivity contribution is 7.22. The molecule has 0 saturated carbocycles. The fourth-order valence-electron chi connectivity index (χ4n) is 2.16. The molecular formula is C19H24N4S. The van der Waals surface area contributed by atoms with Crippen LogP contribution in [-0.2, 0) is 7.05 Å². The molecule has 0 aliphatic carbocycles. The molecule has 0 saturated heterocycles. The summed E-state index contributed by atoms with van der Waals surface area (Å²) in [4.78, 5) is 8.49. The van der Waals surface area contributed by atoms with Crippen LogP contribution in [-0.4, -0.2) is 14.5 Å². The van der Waals surface area contributed by atoms with Gasteiger partial charge < -0.3 is 10.3 Å². The summed E-state index contributed by atoms with van der Waals surface area (Å²) in [6, 6.07) is 16.1. The first-order valence-electron chi connectivity index (χ1n) is 8.05. The summed E-state index contributed by atoms with van der Waals surface area (Å²) in [7, 11) is 2.03. The Hall–Kier alpha value is -2.40. The Morgan fingerprint density at radius 2 is 1.54 bits per heavy atom. The van der Waals surface area contributed by atoms with Gasteiger partial charge in [0.25, 0.3) is 0 Å². The van der Waals surface area contributed by atoms with Crippen LogP contribution in [0.1, 0.15) is 26.1 Å². The molecule has 0 amide bonds. The minimum atomic E-state index is 0.640. The van der Waals surface area contributed by atoms with Gasteiger partial charge in [-0.05, 0) is 31.2 Å². The second-order valence-electron chi connectivity index (χ2n) is 5.43. The predicted molar refractivity (Wildman–Crippen MR) is 105 cm³/mol. The molecule has 4 nitrogen and oxygen atoms in total. The Morgan fingerprint density at radius 1 is 0.958 bits per heavy atom. The number of para-hydroxylation sites is 3. The van der Waals surface area contributed by atoms with E-state index in [2.05, 4.69) is 34.4 Å².